The van der Waals surface area contributed by atoms with Crippen LogP contribution in [0.2, 0.25) is 6.04 Å². The molecule has 0 bridgehead atoms. The number of nitrogens with two attached hydrogens (primary N) is 1. The fraction of sp³-hybridized carbons (Fsp3) is 1.00. The van der Waals surface area contributed by atoms with E-state index in [9.17, 15) is 0 Å². The van der Waals surface area contributed by atoms with Gasteiger partial charge in [0, 0.05) is 19.8 Å². The predicted octanol–water partition coefficient (Wildman–Crippen LogP) is 3.77. The number of rotatable bonds is 8. The van der Waals surface area contributed by atoms with E-state index in [0.717, 1.165) is 51.7 Å². The van der Waals surface area contributed by atoms with E-state index in [1.165, 1.54) is 12.8 Å². The maximum absolute atomic E-state index is 6.16. The van der Waals surface area contributed by atoms with Gasteiger partial charge in [0.1, 0.15) is 5.22 Å². The van der Waals surface area contributed by atoms with Crippen LogP contribution in [-0.4, -0.2) is 40.2 Å². The molecule has 0 amide bonds. The van der Waals surface area contributed by atoms with Crippen LogP contribution < -0.4 is 5.73 Å². The third-order valence-corrected chi connectivity index (χ3v) is 8.72. The summed E-state index contributed by atoms with van der Waals surface area (Å²) in [5.74, 6) is 0. The second-order valence-electron chi connectivity index (χ2n) is 5.40. The smallest absolute Gasteiger partial charge is 0.371 e. The summed E-state index contributed by atoms with van der Waals surface area (Å²) in [6, 6.07) is 1.09. The largest absolute Gasteiger partial charge is 0.393 e. The highest BCUT2D eigenvalue weighted by Crippen LogP contribution is 2.42. The second-order valence-corrected chi connectivity index (χ2v) is 8.89. The lowest BCUT2D eigenvalue weighted by Gasteiger charge is -2.49. The average Bonchev–Trinajstić information content (AvgIpc) is 2.50. The van der Waals surface area contributed by atoms with Crippen LogP contribution in [0.25, 0.3) is 0 Å². The standard InChI is InChI=1S/C13H28O3Si.C3H9N/c1-5-13(14-6-2)11-9-10-12-17(13,15-7-3)16-8-4;1-2-3-4/h5-12H2,1-4H3;2-4H2,1H3. The summed E-state index contributed by atoms with van der Waals surface area (Å²) in [4.78, 5) is 0. The molecule has 1 fully saturated rings. The van der Waals surface area contributed by atoms with Gasteiger partial charge in [-0.3, -0.25) is 0 Å². The molecule has 1 saturated heterocycles. The van der Waals surface area contributed by atoms with Crippen molar-refractivity contribution in [1.82, 2.24) is 0 Å². The van der Waals surface area contributed by atoms with Crippen molar-refractivity contribution in [3.05, 3.63) is 0 Å². The lowest BCUT2D eigenvalue weighted by atomic mass is 10.1. The fourth-order valence-electron chi connectivity index (χ4n) is 3.11. The first-order valence-electron chi connectivity index (χ1n) is 8.73. The monoisotopic (exact) mass is 319 g/mol. The first-order valence-corrected chi connectivity index (χ1v) is 10.8. The summed E-state index contributed by atoms with van der Waals surface area (Å²) < 4.78 is 18.5. The summed E-state index contributed by atoms with van der Waals surface area (Å²) in [7, 11) is -2.21. The highest BCUT2D eigenvalue weighted by atomic mass is 28.4. The maximum Gasteiger partial charge on any atom is 0.371 e. The molecule has 0 aromatic carbocycles. The number of hydrogen-bond donors (Lipinski definition) is 1. The van der Waals surface area contributed by atoms with E-state index in [4.69, 9.17) is 19.3 Å². The molecular formula is C16H37NO3Si. The van der Waals surface area contributed by atoms with E-state index < -0.39 is 8.56 Å². The first-order chi connectivity index (χ1) is 10.1. The molecule has 0 aromatic heterocycles. The van der Waals surface area contributed by atoms with Crippen LogP contribution in [0.15, 0.2) is 0 Å². The van der Waals surface area contributed by atoms with Gasteiger partial charge in [-0.25, -0.2) is 0 Å². The van der Waals surface area contributed by atoms with Crippen LogP contribution >= 0.6 is 0 Å². The van der Waals surface area contributed by atoms with Gasteiger partial charge in [-0.05, 0) is 52.6 Å². The fourth-order valence-corrected chi connectivity index (χ4v) is 7.57. The Labute approximate surface area is 133 Å². The SMILES string of the molecule is CCCN.CCOC1(CC)CCCC[Si]1(OCC)OCC. The minimum absolute atomic E-state index is 0.119. The van der Waals surface area contributed by atoms with Crippen LogP contribution in [0.1, 0.15) is 66.7 Å². The summed E-state index contributed by atoms with van der Waals surface area (Å²) >= 11 is 0. The van der Waals surface area contributed by atoms with Crippen LogP contribution in [-0.2, 0) is 13.6 Å². The number of hydrogen-bond acceptors (Lipinski definition) is 4. The summed E-state index contributed by atoms with van der Waals surface area (Å²) in [5.41, 5.74) is 5.03. The van der Waals surface area contributed by atoms with Crippen molar-refractivity contribution in [2.24, 2.45) is 5.73 Å². The molecule has 128 valence electrons. The Kier molecular flexibility index (Phi) is 11.6. The molecule has 5 heteroatoms. The Bertz CT molecular complexity index is 236. The summed E-state index contributed by atoms with van der Waals surface area (Å²) in [6.45, 7) is 13.5. The van der Waals surface area contributed by atoms with Crippen molar-refractivity contribution < 1.29 is 13.6 Å². The van der Waals surface area contributed by atoms with E-state index >= 15 is 0 Å². The van der Waals surface area contributed by atoms with Crippen LogP contribution in [0.4, 0.5) is 0 Å². The second kappa shape index (κ2) is 11.6. The Morgan fingerprint density at radius 2 is 1.52 bits per heavy atom. The van der Waals surface area contributed by atoms with E-state index in [1.54, 1.807) is 0 Å². The molecule has 1 atom stereocenters. The topological polar surface area (TPSA) is 53.7 Å². The Hall–Kier alpha value is 0.0569. The molecule has 1 rings (SSSR count). The van der Waals surface area contributed by atoms with E-state index in [2.05, 4.69) is 34.6 Å². The molecule has 0 aliphatic carbocycles. The van der Waals surface area contributed by atoms with Crippen LogP contribution in [0.3, 0.4) is 0 Å². The van der Waals surface area contributed by atoms with Gasteiger partial charge in [0.2, 0.25) is 0 Å². The van der Waals surface area contributed by atoms with E-state index in [-0.39, 0.29) is 5.22 Å². The zero-order valence-corrected chi connectivity index (χ0v) is 15.9. The Morgan fingerprint density at radius 3 is 1.90 bits per heavy atom. The van der Waals surface area contributed by atoms with Crippen molar-refractivity contribution in [3.63, 3.8) is 0 Å². The van der Waals surface area contributed by atoms with Crippen molar-refractivity contribution in [2.45, 2.75) is 78.0 Å². The Balaban J connectivity index is 0.000000885. The van der Waals surface area contributed by atoms with Crippen molar-refractivity contribution in [1.29, 1.82) is 0 Å². The molecule has 0 radical (unpaired) electrons. The highest BCUT2D eigenvalue weighted by molar-refractivity contribution is 6.70. The third-order valence-electron chi connectivity index (χ3n) is 4.07. The lowest BCUT2D eigenvalue weighted by molar-refractivity contribution is -0.0426. The molecule has 0 saturated carbocycles. The Morgan fingerprint density at radius 1 is 0.952 bits per heavy atom. The predicted molar refractivity (Wildman–Crippen MR) is 91.7 cm³/mol. The lowest BCUT2D eigenvalue weighted by Crippen LogP contribution is -2.65. The summed E-state index contributed by atoms with van der Waals surface area (Å²) in [6.07, 6.45) is 5.67. The molecule has 1 aliphatic rings. The van der Waals surface area contributed by atoms with Crippen LogP contribution in [0, 0.1) is 0 Å². The normalized spacial score (nSPS) is 24.3. The molecule has 1 heterocycles. The molecule has 0 spiro atoms. The molecule has 4 nitrogen and oxygen atoms in total. The van der Waals surface area contributed by atoms with Gasteiger partial charge >= 0.3 is 8.56 Å². The van der Waals surface area contributed by atoms with Crippen molar-refractivity contribution in [2.75, 3.05) is 26.4 Å². The molecule has 1 unspecified atom stereocenters. The van der Waals surface area contributed by atoms with E-state index in [1.807, 2.05) is 0 Å². The van der Waals surface area contributed by atoms with Gasteiger partial charge in [0.05, 0.1) is 0 Å². The molecule has 0 aromatic rings. The maximum atomic E-state index is 6.16. The van der Waals surface area contributed by atoms with Crippen molar-refractivity contribution in [3.8, 4) is 0 Å². The first kappa shape index (κ1) is 21.1. The third kappa shape index (κ3) is 5.64. The van der Waals surface area contributed by atoms with Gasteiger partial charge in [-0.15, -0.1) is 0 Å². The molecular weight excluding hydrogens is 282 g/mol. The zero-order valence-electron chi connectivity index (χ0n) is 14.9. The van der Waals surface area contributed by atoms with E-state index in [0.29, 0.717) is 0 Å². The van der Waals surface area contributed by atoms with Gasteiger partial charge in [-0.2, -0.15) is 0 Å². The van der Waals surface area contributed by atoms with Crippen LogP contribution in [0.5, 0.6) is 0 Å². The zero-order chi connectivity index (χ0) is 16.2. The van der Waals surface area contributed by atoms with Gasteiger partial charge in [-0.1, -0.05) is 26.7 Å². The molecule has 2 N–H and O–H groups in total. The van der Waals surface area contributed by atoms with Crippen molar-refractivity contribution >= 4 is 8.56 Å². The highest BCUT2D eigenvalue weighted by Gasteiger charge is 2.58. The average molecular weight is 320 g/mol. The minimum atomic E-state index is -2.21. The molecule has 1 aliphatic heterocycles. The van der Waals surface area contributed by atoms with Gasteiger partial charge in [0.25, 0.3) is 0 Å². The number of ether oxygens (including phenoxy) is 1. The van der Waals surface area contributed by atoms with Gasteiger partial charge in [0.15, 0.2) is 0 Å². The minimum Gasteiger partial charge on any atom is -0.393 e. The molecule has 21 heavy (non-hydrogen) atoms. The summed E-state index contributed by atoms with van der Waals surface area (Å²) in [5, 5.41) is -0.119. The van der Waals surface area contributed by atoms with Gasteiger partial charge < -0.3 is 19.3 Å². The quantitative estimate of drug-likeness (QED) is 0.692.